The fraction of sp³-hybridized carbons (Fsp3) is 0.250. The van der Waals surface area contributed by atoms with Crippen molar-refractivity contribution in [2.75, 3.05) is 0 Å². The highest BCUT2D eigenvalue weighted by Crippen LogP contribution is 2.18. The SMILES string of the molecule is CCc1cc(C)cc(C)c1CNC(=O)n1[nH]c2cccc(C(=O)O)c2c1=O. The smallest absolute Gasteiger partial charge is 0.343 e. The zero-order chi connectivity index (χ0) is 19.7. The summed E-state index contributed by atoms with van der Waals surface area (Å²) in [4.78, 5) is 36.4. The molecule has 2 aromatic carbocycles. The van der Waals surface area contributed by atoms with Crippen molar-refractivity contribution in [3.63, 3.8) is 0 Å². The van der Waals surface area contributed by atoms with Crippen LogP contribution in [0.2, 0.25) is 0 Å². The first-order valence-corrected chi connectivity index (χ1v) is 8.67. The van der Waals surface area contributed by atoms with E-state index < -0.39 is 17.6 Å². The molecule has 3 aromatic rings. The second kappa shape index (κ2) is 7.11. The molecule has 3 N–H and O–H groups in total. The van der Waals surface area contributed by atoms with Crippen molar-refractivity contribution < 1.29 is 14.7 Å². The third-order valence-corrected chi connectivity index (χ3v) is 4.65. The number of carboxylic acids is 1. The van der Waals surface area contributed by atoms with Crippen LogP contribution in [0, 0.1) is 13.8 Å². The lowest BCUT2D eigenvalue weighted by Gasteiger charge is -2.14. The summed E-state index contributed by atoms with van der Waals surface area (Å²) in [7, 11) is 0. The minimum Gasteiger partial charge on any atom is -0.478 e. The van der Waals surface area contributed by atoms with E-state index in [1.54, 1.807) is 6.07 Å². The summed E-state index contributed by atoms with van der Waals surface area (Å²) in [5, 5.41) is 14.7. The van der Waals surface area contributed by atoms with Gasteiger partial charge >= 0.3 is 12.0 Å². The van der Waals surface area contributed by atoms with E-state index in [2.05, 4.69) is 29.5 Å². The van der Waals surface area contributed by atoms with E-state index in [1.807, 2.05) is 13.8 Å². The molecule has 0 aliphatic rings. The number of aryl methyl sites for hydroxylation is 3. The molecule has 0 aliphatic heterocycles. The maximum atomic E-state index is 12.5. The van der Waals surface area contributed by atoms with E-state index in [0.717, 1.165) is 33.4 Å². The highest BCUT2D eigenvalue weighted by molar-refractivity contribution is 6.03. The van der Waals surface area contributed by atoms with E-state index in [1.165, 1.54) is 12.1 Å². The summed E-state index contributed by atoms with van der Waals surface area (Å²) in [5.74, 6) is -1.22. The van der Waals surface area contributed by atoms with Gasteiger partial charge in [0.15, 0.2) is 0 Å². The van der Waals surface area contributed by atoms with E-state index in [4.69, 9.17) is 0 Å². The monoisotopic (exact) mass is 367 g/mol. The fourth-order valence-electron chi connectivity index (χ4n) is 3.38. The molecule has 0 spiro atoms. The zero-order valence-corrected chi connectivity index (χ0v) is 15.4. The van der Waals surface area contributed by atoms with Crippen LogP contribution in [-0.2, 0) is 13.0 Å². The van der Waals surface area contributed by atoms with Crippen LogP contribution in [0.1, 0.15) is 39.5 Å². The molecule has 7 nitrogen and oxygen atoms in total. The molecule has 7 heteroatoms. The number of aromatic amines is 1. The summed E-state index contributed by atoms with van der Waals surface area (Å²) >= 11 is 0. The summed E-state index contributed by atoms with van der Waals surface area (Å²) in [5.41, 5.74) is 3.88. The number of benzene rings is 2. The Morgan fingerprint density at radius 2 is 1.96 bits per heavy atom. The van der Waals surface area contributed by atoms with Gasteiger partial charge < -0.3 is 10.4 Å². The van der Waals surface area contributed by atoms with Crippen molar-refractivity contribution in [2.45, 2.75) is 33.7 Å². The molecule has 3 rings (SSSR count). The Balaban J connectivity index is 1.92. The van der Waals surface area contributed by atoms with Crippen LogP contribution in [0.15, 0.2) is 35.1 Å². The number of hydrogen-bond acceptors (Lipinski definition) is 3. The maximum Gasteiger partial charge on any atom is 0.343 e. The average Bonchev–Trinajstić information content (AvgIpc) is 2.97. The number of nitrogens with one attached hydrogen (secondary N) is 2. The molecular weight excluding hydrogens is 346 g/mol. The van der Waals surface area contributed by atoms with E-state index in [9.17, 15) is 19.5 Å². The highest BCUT2D eigenvalue weighted by Gasteiger charge is 2.19. The molecular formula is C20H21N3O4. The molecule has 0 atom stereocenters. The predicted molar refractivity (Wildman–Crippen MR) is 102 cm³/mol. The Bertz CT molecular complexity index is 1110. The topological polar surface area (TPSA) is 104 Å². The lowest BCUT2D eigenvalue weighted by Crippen LogP contribution is -2.35. The first-order valence-electron chi connectivity index (χ1n) is 8.67. The van der Waals surface area contributed by atoms with Gasteiger partial charge in [0, 0.05) is 6.54 Å². The number of aromatic carboxylic acids is 1. The van der Waals surface area contributed by atoms with Crippen LogP contribution in [0.25, 0.3) is 10.9 Å². The van der Waals surface area contributed by atoms with Gasteiger partial charge in [-0.15, -0.1) is 0 Å². The lowest BCUT2D eigenvalue weighted by molar-refractivity contribution is 0.0699. The Kier molecular flexibility index (Phi) is 4.85. The number of carbonyl (C=O) groups is 2. The largest absolute Gasteiger partial charge is 0.478 e. The van der Waals surface area contributed by atoms with Gasteiger partial charge in [-0.2, -0.15) is 4.68 Å². The first kappa shape index (κ1) is 18.4. The molecule has 0 bridgehead atoms. The second-order valence-electron chi connectivity index (χ2n) is 6.52. The summed E-state index contributed by atoms with van der Waals surface area (Å²) in [6.45, 7) is 6.34. The van der Waals surface area contributed by atoms with Gasteiger partial charge in [0.25, 0.3) is 5.56 Å². The number of carbonyl (C=O) groups excluding carboxylic acids is 1. The Morgan fingerprint density at radius 1 is 1.22 bits per heavy atom. The first-order chi connectivity index (χ1) is 12.8. The Labute approximate surface area is 155 Å². The number of rotatable bonds is 4. The summed E-state index contributed by atoms with van der Waals surface area (Å²) in [6.07, 6.45) is 0.835. The number of H-pyrrole nitrogens is 1. The second-order valence-corrected chi connectivity index (χ2v) is 6.52. The molecule has 1 aromatic heterocycles. The number of fused-ring (bicyclic) bond motifs is 1. The minimum atomic E-state index is -1.22. The quantitative estimate of drug-likeness (QED) is 0.659. The van der Waals surface area contributed by atoms with Gasteiger partial charge in [-0.25, -0.2) is 9.59 Å². The van der Waals surface area contributed by atoms with Gasteiger partial charge in [0.05, 0.1) is 16.5 Å². The van der Waals surface area contributed by atoms with Crippen LogP contribution in [0.5, 0.6) is 0 Å². The molecule has 0 saturated carbocycles. The van der Waals surface area contributed by atoms with Crippen LogP contribution in [0.4, 0.5) is 4.79 Å². The molecule has 140 valence electrons. The van der Waals surface area contributed by atoms with Crippen molar-refractivity contribution in [1.82, 2.24) is 15.1 Å². The molecule has 0 unspecified atom stereocenters. The average molecular weight is 367 g/mol. The molecule has 0 radical (unpaired) electrons. The Hall–Kier alpha value is -3.35. The maximum absolute atomic E-state index is 12.5. The van der Waals surface area contributed by atoms with Crippen molar-refractivity contribution in [1.29, 1.82) is 0 Å². The zero-order valence-electron chi connectivity index (χ0n) is 15.4. The summed E-state index contributed by atoms with van der Waals surface area (Å²) in [6, 6.07) is 7.93. The molecule has 1 amide bonds. The van der Waals surface area contributed by atoms with Crippen LogP contribution >= 0.6 is 0 Å². The van der Waals surface area contributed by atoms with Gasteiger partial charge in [-0.3, -0.25) is 9.89 Å². The minimum absolute atomic E-state index is 0.0130. The lowest BCUT2D eigenvalue weighted by atomic mass is 9.97. The number of carboxylic acid groups (broad SMARTS) is 1. The van der Waals surface area contributed by atoms with E-state index in [-0.39, 0.29) is 17.5 Å². The van der Waals surface area contributed by atoms with E-state index in [0.29, 0.717) is 5.52 Å². The molecule has 0 fully saturated rings. The molecule has 0 saturated heterocycles. The van der Waals surface area contributed by atoms with Crippen molar-refractivity contribution in [3.8, 4) is 0 Å². The van der Waals surface area contributed by atoms with Gasteiger partial charge in [-0.05, 0) is 49.1 Å². The standard InChI is InChI=1S/C20H21N3O4/c1-4-13-9-11(2)8-12(3)15(13)10-21-20(27)23-18(24)17-14(19(25)26)6-5-7-16(17)22-23/h5-9,22H,4,10H2,1-3H3,(H,21,27)(H,25,26). The van der Waals surface area contributed by atoms with Gasteiger partial charge in [-0.1, -0.05) is 30.7 Å². The molecule has 27 heavy (non-hydrogen) atoms. The normalized spacial score (nSPS) is 10.9. The number of amides is 1. The molecule has 0 aliphatic carbocycles. The van der Waals surface area contributed by atoms with Gasteiger partial charge in [0.2, 0.25) is 0 Å². The third kappa shape index (κ3) is 3.36. The van der Waals surface area contributed by atoms with Crippen LogP contribution in [-0.4, -0.2) is 26.9 Å². The Morgan fingerprint density at radius 3 is 2.63 bits per heavy atom. The number of nitrogens with zero attached hydrogens (tertiary/aromatic N) is 1. The predicted octanol–water partition coefficient (Wildman–Crippen LogP) is 2.96. The van der Waals surface area contributed by atoms with Crippen molar-refractivity contribution >= 4 is 22.9 Å². The van der Waals surface area contributed by atoms with Crippen molar-refractivity contribution in [2.24, 2.45) is 0 Å². The van der Waals surface area contributed by atoms with Crippen LogP contribution in [0.3, 0.4) is 0 Å². The highest BCUT2D eigenvalue weighted by atomic mass is 16.4. The van der Waals surface area contributed by atoms with Crippen LogP contribution < -0.4 is 10.9 Å². The van der Waals surface area contributed by atoms with Gasteiger partial charge in [0.1, 0.15) is 0 Å². The van der Waals surface area contributed by atoms with E-state index >= 15 is 0 Å². The number of aromatic nitrogens is 2. The van der Waals surface area contributed by atoms with Crippen molar-refractivity contribution in [3.05, 3.63) is 68.5 Å². The third-order valence-electron chi connectivity index (χ3n) is 4.65. The number of hydrogen-bond donors (Lipinski definition) is 3. The summed E-state index contributed by atoms with van der Waals surface area (Å²) < 4.78 is 0.812. The fourth-order valence-corrected chi connectivity index (χ4v) is 3.38. The molecule has 1 heterocycles.